The van der Waals surface area contributed by atoms with E-state index in [1.54, 1.807) is 6.26 Å². The Morgan fingerprint density at radius 2 is 1.92 bits per heavy atom. The SMILES string of the molecule is CCNC(=NCCCCOc1ccc(C)cc1)NCCc1ccco1.I. The lowest BCUT2D eigenvalue weighted by Gasteiger charge is -2.10. The summed E-state index contributed by atoms with van der Waals surface area (Å²) in [5.41, 5.74) is 1.25. The van der Waals surface area contributed by atoms with Crippen LogP contribution in [0.25, 0.3) is 0 Å². The molecule has 0 atom stereocenters. The van der Waals surface area contributed by atoms with Gasteiger partial charge in [-0.15, -0.1) is 24.0 Å². The van der Waals surface area contributed by atoms with E-state index in [1.165, 1.54) is 5.56 Å². The third-order valence-electron chi connectivity index (χ3n) is 3.70. The molecule has 0 aliphatic heterocycles. The van der Waals surface area contributed by atoms with Gasteiger partial charge >= 0.3 is 0 Å². The Balaban J connectivity index is 0.00000338. The van der Waals surface area contributed by atoms with E-state index in [4.69, 9.17) is 9.15 Å². The maximum absolute atomic E-state index is 5.73. The number of nitrogens with one attached hydrogen (secondary N) is 2. The van der Waals surface area contributed by atoms with Crippen LogP contribution in [0.15, 0.2) is 52.1 Å². The molecule has 5 nitrogen and oxygen atoms in total. The summed E-state index contributed by atoms with van der Waals surface area (Å²) in [7, 11) is 0. The Morgan fingerprint density at radius 1 is 1.12 bits per heavy atom. The summed E-state index contributed by atoms with van der Waals surface area (Å²) in [6.45, 7) is 7.30. The molecule has 2 rings (SSSR count). The highest BCUT2D eigenvalue weighted by Crippen LogP contribution is 2.11. The summed E-state index contributed by atoms with van der Waals surface area (Å²) >= 11 is 0. The zero-order valence-electron chi connectivity index (χ0n) is 15.7. The molecule has 0 aliphatic carbocycles. The number of halogens is 1. The van der Waals surface area contributed by atoms with E-state index >= 15 is 0 Å². The highest BCUT2D eigenvalue weighted by Gasteiger charge is 1.99. The number of nitrogens with zero attached hydrogens (tertiary/aromatic N) is 1. The third-order valence-corrected chi connectivity index (χ3v) is 3.70. The number of hydrogen-bond acceptors (Lipinski definition) is 3. The minimum Gasteiger partial charge on any atom is -0.494 e. The van der Waals surface area contributed by atoms with Crippen LogP contribution in [0.4, 0.5) is 0 Å². The molecule has 0 fully saturated rings. The first kappa shape index (κ1) is 22.3. The molecule has 6 heteroatoms. The average Bonchev–Trinajstić information content (AvgIpc) is 3.13. The summed E-state index contributed by atoms with van der Waals surface area (Å²) in [4.78, 5) is 4.60. The van der Waals surface area contributed by atoms with Gasteiger partial charge in [0.1, 0.15) is 11.5 Å². The van der Waals surface area contributed by atoms with E-state index in [2.05, 4.69) is 41.6 Å². The van der Waals surface area contributed by atoms with Crippen LogP contribution in [-0.2, 0) is 6.42 Å². The van der Waals surface area contributed by atoms with Gasteiger partial charge in [0, 0.05) is 26.1 Å². The minimum absolute atomic E-state index is 0. The lowest BCUT2D eigenvalue weighted by atomic mass is 10.2. The Hall–Kier alpha value is -1.70. The third kappa shape index (κ3) is 9.12. The molecule has 1 heterocycles. The van der Waals surface area contributed by atoms with Gasteiger partial charge in [-0.3, -0.25) is 4.99 Å². The van der Waals surface area contributed by atoms with Crippen molar-refractivity contribution < 1.29 is 9.15 Å². The van der Waals surface area contributed by atoms with Gasteiger partial charge in [0.25, 0.3) is 0 Å². The average molecular weight is 471 g/mol. The van der Waals surface area contributed by atoms with Crippen molar-refractivity contribution in [2.24, 2.45) is 4.99 Å². The number of furan rings is 1. The second kappa shape index (κ2) is 13.5. The van der Waals surface area contributed by atoms with E-state index in [1.807, 2.05) is 24.3 Å². The molecule has 2 aromatic rings. The number of unbranched alkanes of at least 4 members (excludes halogenated alkanes) is 1. The van der Waals surface area contributed by atoms with Gasteiger partial charge in [-0.25, -0.2) is 0 Å². The van der Waals surface area contributed by atoms with E-state index in [9.17, 15) is 0 Å². The zero-order valence-corrected chi connectivity index (χ0v) is 18.0. The summed E-state index contributed by atoms with van der Waals surface area (Å²) < 4.78 is 11.1. The summed E-state index contributed by atoms with van der Waals surface area (Å²) in [6, 6.07) is 12.1. The van der Waals surface area contributed by atoms with E-state index in [0.717, 1.165) is 63.0 Å². The zero-order chi connectivity index (χ0) is 17.7. The van der Waals surface area contributed by atoms with E-state index < -0.39 is 0 Å². The molecule has 1 aromatic carbocycles. The first-order valence-electron chi connectivity index (χ1n) is 9.02. The number of hydrogen-bond donors (Lipinski definition) is 2. The first-order valence-corrected chi connectivity index (χ1v) is 9.02. The lowest BCUT2D eigenvalue weighted by Crippen LogP contribution is -2.38. The standard InChI is InChI=1S/C20H29N3O2.HI/c1-3-21-20(23-14-12-18-7-6-16-25-18)22-13-4-5-15-24-19-10-8-17(2)9-11-19;/h6-11,16H,3-5,12-15H2,1-2H3,(H2,21,22,23);1H. The molecule has 0 unspecified atom stereocenters. The van der Waals surface area contributed by atoms with Crippen molar-refractivity contribution in [3.05, 3.63) is 54.0 Å². The molecule has 2 N–H and O–H groups in total. The van der Waals surface area contributed by atoms with Gasteiger partial charge in [-0.2, -0.15) is 0 Å². The van der Waals surface area contributed by atoms with Gasteiger partial charge < -0.3 is 19.8 Å². The summed E-state index contributed by atoms with van der Waals surface area (Å²) in [5.74, 6) is 2.77. The fraction of sp³-hybridized carbons (Fsp3) is 0.450. The first-order chi connectivity index (χ1) is 12.3. The van der Waals surface area contributed by atoms with Crippen LogP contribution in [0.5, 0.6) is 5.75 Å². The topological polar surface area (TPSA) is 58.8 Å². The number of guanidine groups is 1. The second-order valence-corrected chi connectivity index (χ2v) is 5.89. The Bertz CT molecular complexity index is 612. The smallest absolute Gasteiger partial charge is 0.191 e. The molecule has 0 bridgehead atoms. The fourth-order valence-corrected chi connectivity index (χ4v) is 2.33. The normalized spacial score (nSPS) is 10.9. The van der Waals surface area contributed by atoms with Crippen LogP contribution < -0.4 is 15.4 Å². The monoisotopic (exact) mass is 471 g/mol. The molecule has 0 amide bonds. The molecule has 26 heavy (non-hydrogen) atoms. The Kier molecular flexibility index (Phi) is 11.6. The van der Waals surface area contributed by atoms with Gasteiger partial charge in [-0.1, -0.05) is 17.7 Å². The number of ether oxygens (including phenoxy) is 1. The fourth-order valence-electron chi connectivity index (χ4n) is 2.33. The predicted molar refractivity (Wildman–Crippen MR) is 118 cm³/mol. The maximum atomic E-state index is 5.73. The second-order valence-electron chi connectivity index (χ2n) is 5.89. The van der Waals surface area contributed by atoms with Crippen molar-refractivity contribution in [1.29, 1.82) is 0 Å². The highest BCUT2D eigenvalue weighted by molar-refractivity contribution is 14.0. The highest BCUT2D eigenvalue weighted by atomic mass is 127. The van der Waals surface area contributed by atoms with Gasteiger partial charge in [0.2, 0.25) is 0 Å². The van der Waals surface area contributed by atoms with Crippen LogP contribution in [0, 0.1) is 6.92 Å². The van der Waals surface area contributed by atoms with Crippen molar-refractivity contribution in [2.45, 2.75) is 33.1 Å². The van der Waals surface area contributed by atoms with Crippen molar-refractivity contribution in [2.75, 3.05) is 26.2 Å². The summed E-state index contributed by atoms with van der Waals surface area (Å²) in [6.07, 6.45) is 4.54. The van der Waals surface area contributed by atoms with Crippen molar-refractivity contribution in [3.8, 4) is 5.75 Å². The Labute approximate surface area is 173 Å². The van der Waals surface area contributed by atoms with Crippen LogP contribution in [0.3, 0.4) is 0 Å². The molecule has 0 spiro atoms. The van der Waals surface area contributed by atoms with Crippen LogP contribution >= 0.6 is 24.0 Å². The van der Waals surface area contributed by atoms with Gasteiger partial charge in [-0.05, 0) is 51.0 Å². The number of rotatable bonds is 10. The lowest BCUT2D eigenvalue weighted by molar-refractivity contribution is 0.308. The Morgan fingerprint density at radius 3 is 2.62 bits per heavy atom. The van der Waals surface area contributed by atoms with Crippen molar-refractivity contribution in [1.82, 2.24) is 10.6 Å². The molecule has 0 aliphatic rings. The van der Waals surface area contributed by atoms with Crippen LogP contribution in [0.1, 0.15) is 31.1 Å². The minimum atomic E-state index is 0. The molecular weight excluding hydrogens is 441 g/mol. The molecular formula is C20H30IN3O2. The van der Waals surface area contributed by atoms with Gasteiger partial charge in [0.15, 0.2) is 5.96 Å². The number of aliphatic imine (C=N–C) groups is 1. The van der Waals surface area contributed by atoms with E-state index in [-0.39, 0.29) is 24.0 Å². The molecule has 1 aromatic heterocycles. The van der Waals surface area contributed by atoms with Crippen molar-refractivity contribution in [3.63, 3.8) is 0 Å². The molecule has 0 saturated heterocycles. The van der Waals surface area contributed by atoms with Crippen LogP contribution in [-0.4, -0.2) is 32.2 Å². The maximum Gasteiger partial charge on any atom is 0.191 e. The van der Waals surface area contributed by atoms with Crippen LogP contribution in [0.2, 0.25) is 0 Å². The van der Waals surface area contributed by atoms with Gasteiger partial charge in [0.05, 0.1) is 12.9 Å². The quantitative estimate of drug-likeness (QED) is 0.237. The largest absolute Gasteiger partial charge is 0.494 e. The number of aryl methyl sites for hydroxylation is 1. The molecule has 0 saturated carbocycles. The molecule has 0 radical (unpaired) electrons. The molecule has 144 valence electrons. The summed E-state index contributed by atoms with van der Waals surface area (Å²) in [5, 5.41) is 6.59. The van der Waals surface area contributed by atoms with Crippen molar-refractivity contribution >= 4 is 29.9 Å². The van der Waals surface area contributed by atoms with E-state index in [0.29, 0.717) is 0 Å². The number of benzene rings is 1. The predicted octanol–water partition coefficient (Wildman–Crippen LogP) is 4.16.